The van der Waals surface area contributed by atoms with Crippen molar-refractivity contribution in [3.63, 3.8) is 0 Å². The molecule has 4 rings (SSSR count). The van der Waals surface area contributed by atoms with E-state index < -0.39 is 5.41 Å². The van der Waals surface area contributed by atoms with E-state index in [-0.39, 0.29) is 11.9 Å². The summed E-state index contributed by atoms with van der Waals surface area (Å²) in [5.41, 5.74) is 4.20. The van der Waals surface area contributed by atoms with Gasteiger partial charge >= 0.3 is 5.97 Å². The molecule has 0 radical (unpaired) electrons. The van der Waals surface area contributed by atoms with Crippen molar-refractivity contribution in [2.24, 2.45) is 11.3 Å². The van der Waals surface area contributed by atoms with Crippen LogP contribution in [0.25, 0.3) is 0 Å². The van der Waals surface area contributed by atoms with Gasteiger partial charge in [0.15, 0.2) is 0 Å². The maximum absolute atomic E-state index is 12.5. The fourth-order valence-electron chi connectivity index (χ4n) is 4.48. The van der Waals surface area contributed by atoms with Crippen molar-refractivity contribution in [2.75, 3.05) is 6.61 Å². The first-order valence-corrected chi connectivity index (χ1v) is 10.3. The minimum Gasteiger partial charge on any atom is -0.465 e. The summed E-state index contributed by atoms with van der Waals surface area (Å²) in [6.07, 6.45) is 2.36. The van der Waals surface area contributed by atoms with Crippen LogP contribution in [0.1, 0.15) is 29.5 Å². The lowest BCUT2D eigenvalue weighted by molar-refractivity contribution is -0.146. The SMILES string of the molecule is C=C1CC2COC(=O)C2(Cc2cccc(CNCc3ccc(Cl)c(Cl)c3)c2)C1. The van der Waals surface area contributed by atoms with Gasteiger partial charge in [-0.1, -0.05) is 65.7 Å². The summed E-state index contributed by atoms with van der Waals surface area (Å²) in [6.45, 7) is 6.10. The van der Waals surface area contributed by atoms with Gasteiger partial charge in [-0.05, 0) is 48.1 Å². The number of rotatable bonds is 6. The lowest BCUT2D eigenvalue weighted by Crippen LogP contribution is -2.31. The summed E-state index contributed by atoms with van der Waals surface area (Å²) in [4.78, 5) is 12.5. The Kier molecular flexibility index (Phi) is 5.50. The number of fused-ring (bicyclic) bond motifs is 1. The molecule has 1 aliphatic carbocycles. The zero-order valence-corrected chi connectivity index (χ0v) is 17.2. The van der Waals surface area contributed by atoms with Crippen LogP contribution in [0, 0.1) is 11.3 Å². The summed E-state index contributed by atoms with van der Waals surface area (Å²) in [5, 5.41) is 4.57. The van der Waals surface area contributed by atoms with Crippen molar-refractivity contribution in [1.29, 1.82) is 0 Å². The van der Waals surface area contributed by atoms with Crippen molar-refractivity contribution < 1.29 is 9.53 Å². The first-order chi connectivity index (χ1) is 13.5. The Balaban J connectivity index is 1.41. The van der Waals surface area contributed by atoms with E-state index in [1.165, 1.54) is 16.7 Å². The van der Waals surface area contributed by atoms with E-state index in [9.17, 15) is 4.79 Å². The minimum absolute atomic E-state index is 0.0562. The highest BCUT2D eigenvalue weighted by Gasteiger charge is 2.55. The highest BCUT2D eigenvalue weighted by atomic mass is 35.5. The number of hydrogen-bond donors (Lipinski definition) is 1. The van der Waals surface area contributed by atoms with Crippen molar-refractivity contribution in [3.8, 4) is 0 Å². The molecule has 2 unspecified atom stereocenters. The number of carbonyl (C=O) groups is 1. The maximum Gasteiger partial charge on any atom is 0.313 e. The lowest BCUT2D eigenvalue weighted by Gasteiger charge is -2.24. The van der Waals surface area contributed by atoms with Crippen LogP contribution >= 0.6 is 23.2 Å². The van der Waals surface area contributed by atoms with Gasteiger partial charge in [0.2, 0.25) is 0 Å². The van der Waals surface area contributed by atoms with Crippen molar-refractivity contribution in [3.05, 3.63) is 81.4 Å². The molecule has 1 saturated heterocycles. The average molecular weight is 416 g/mol. The van der Waals surface area contributed by atoms with Crippen molar-refractivity contribution >= 4 is 29.2 Å². The van der Waals surface area contributed by atoms with E-state index in [0.717, 1.165) is 31.4 Å². The van der Waals surface area contributed by atoms with E-state index in [2.05, 4.69) is 36.2 Å². The Bertz CT molecular complexity index is 927. The highest BCUT2D eigenvalue weighted by Crippen LogP contribution is 2.52. The van der Waals surface area contributed by atoms with Crippen LogP contribution < -0.4 is 5.32 Å². The van der Waals surface area contributed by atoms with Gasteiger partial charge in [-0.3, -0.25) is 4.79 Å². The molecule has 1 N–H and O–H groups in total. The van der Waals surface area contributed by atoms with E-state index in [4.69, 9.17) is 27.9 Å². The molecule has 2 fully saturated rings. The Morgan fingerprint density at radius 2 is 1.82 bits per heavy atom. The van der Waals surface area contributed by atoms with Crippen LogP contribution in [0.5, 0.6) is 0 Å². The third-order valence-electron chi connectivity index (χ3n) is 5.86. The molecule has 28 heavy (non-hydrogen) atoms. The number of cyclic esters (lactones) is 1. The number of benzene rings is 2. The van der Waals surface area contributed by atoms with Gasteiger partial charge in [-0.25, -0.2) is 0 Å². The molecular weight excluding hydrogens is 393 g/mol. The molecule has 146 valence electrons. The predicted octanol–water partition coefficient (Wildman–Crippen LogP) is 5.34. The fraction of sp³-hybridized carbons (Fsp3) is 0.348. The quantitative estimate of drug-likeness (QED) is 0.511. The van der Waals surface area contributed by atoms with Gasteiger partial charge in [0, 0.05) is 19.0 Å². The standard InChI is InChI=1S/C23H23Cl2NO2/c1-15-7-19-14-28-22(27)23(19,10-15)11-16-3-2-4-17(8-16)12-26-13-18-5-6-20(24)21(25)9-18/h2-6,8-9,19,26H,1,7,10-14H2. The molecule has 0 bridgehead atoms. The second-order valence-corrected chi connectivity index (χ2v) is 8.75. The van der Waals surface area contributed by atoms with Crippen LogP contribution in [0.4, 0.5) is 0 Å². The molecule has 0 amide bonds. The largest absolute Gasteiger partial charge is 0.465 e. The number of ether oxygens (including phenoxy) is 1. The van der Waals surface area contributed by atoms with Crippen LogP contribution in [-0.2, 0) is 29.0 Å². The Morgan fingerprint density at radius 1 is 1.07 bits per heavy atom. The Hall–Kier alpha value is -1.81. The number of carbonyl (C=O) groups excluding carboxylic acids is 1. The molecular formula is C23H23Cl2NO2. The van der Waals surface area contributed by atoms with Crippen LogP contribution in [0.2, 0.25) is 10.0 Å². The first-order valence-electron chi connectivity index (χ1n) is 9.52. The van der Waals surface area contributed by atoms with Gasteiger partial charge in [0.05, 0.1) is 22.1 Å². The van der Waals surface area contributed by atoms with Crippen LogP contribution in [0.3, 0.4) is 0 Å². The molecule has 5 heteroatoms. The molecule has 1 saturated carbocycles. The van der Waals surface area contributed by atoms with Gasteiger partial charge in [-0.2, -0.15) is 0 Å². The third kappa shape index (κ3) is 3.84. The molecule has 0 spiro atoms. The zero-order valence-electron chi connectivity index (χ0n) is 15.6. The summed E-state index contributed by atoms with van der Waals surface area (Å²) in [7, 11) is 0. The molecule has 2 aromatic rings. The number of halogens is 2. The number of hydrogen-bond acceptors (Lipinski definition) is 3. The van der Waals surface area contributed by atoms with E-state index in [1.54, 1.807) is 0 Å². The molecule has 0 aromatic heterocycles. The second kappa shape index (κ2) is 7.90. The minimum atomic E-state index is -0.414. The summed E-state index contributed by atoms with van der Waals surface area (Å²) in [6, 6.07) is 14.1. The molecule has 3 nitrogen and oxygen atoms in total. The zero-order chi connectivity index (χ0) is 19.7. The Morgan fingerprint density at radius 3 is 2.61 bits per heavy atom. The van der Waals surface area contributed by atoms with E-state index in [0.29, 0.717) is 23.2 Å². The Labute approximate surface area is 175 Å². The van der Waals surface area contributed by atoms with Gasteiger partial charge in [-0.15, -0.1) is 0 Å². The topological polar surface area (TPSA) is 38.3 Å². The van der Waals surface area contributed by atoms with Crippen LogP contribution in [-0.4, -0.2) is 12.6 Å². The van der Waals surface area contributed by atoms with E-state index >= 15 is 0 Å². The monoisotopic (exact) mass is 415 g/mol. The molecule has 2 atom stereocenters. The van der Waals surface area contributed by atoms with Crippen molar-refractivity contribution in [2.45, 2.75) is 32.4 Å². The maximum atomic E-state index is 12.5. The predicted molar refractivity (Wildman–Crippen MR) is 112 cm³/mol. The number of esters is 1. The number of nitrogens with one attached hydrogen (secondary N) is 1. The average Bonchev–Trinajstić information content (AvgIpc) is 3.13. The first kappa shape index (κ1) is 19.5. The van der Waals surface area contributed by atoms with Crippen molar-refractivity contribution in [1.82, 2.24) is 5.32 Å². The normalized spacial score (nSPS) is 23.7. The van der Waals surface area contributed by atoms with E-state index in [1.807, 2.05) is 18.2 Å². The molecule has 2 aromatic carbocycles. The highest BCUT2D eigenvalue weighted by molar-refractivity contribution is 6.42. The lowest BCUT2D eigenvalue weighted by atomic mass is 9.75. The van der Waals surface area contributed by atoms with Gasteiger partial charge in [0.1, 0.15) is 0 Å². The van der Waals surface area contributed by atoms with Gasteiger partial charge < -0.3 is 10.1 Å². The summed E-state index contributed by atoms with van der Waals surface area (Å²) >= 11 is 12.0. The van der Waals surface area contributed by atoms with Crippen LogP contribution in [0.15, 0.2) is 54.6 Å². The molecule has 2 aliphatic rings. The third-order valence-corrected chi connectivity index (χ3v) is 6.60. The fourth-order valence-corrected chi connectivity index (χ4v) is 4.80. The van der Waals surface area contributed by atoms with Gasteiger partial charge in [0.25, 0.3) is 0 Å². The molecule has 1 aliphatic heterocycles. The second-order valence-electron chi connectivity index (χ2n) is 7.93. The summed E-state index contributed by atoms with van der Waals surface area (Å²) < 4.78 is 5.39. The molecule has 1 heterocycles. The number of allylic oxidation sites excluding steroid dienone is 1. The summed E-state index contributed by atoms with van der Waals surface area (Å²) in [5.74, 6) is 0.211. The smallest absolute Gasteiger partial charge is 0.313 e.